The number of aryl methyl sites for hydroxylation is 1. The molecule has 0 saturated carbocycles. The number of nitrogens with zero attached hydrogens (tertiary/aromatic N) is 2. The van der Waals surface area contributed by atoms with Crippen LogP contribution in [0.25, 0.3) is 0 Å². The molecular weight excluding hydrogens is 224 g/mol. The maximum absolute atomic E-state index is 5.09. The van der Waals surface area contributed by atoms with Crippen LogP contribution in [0.15, 0.2) is 58.8 Å². The first kappa shape index (κ1) is 12.3. The van der Waals surface area contributed by atoms with Crippen LogP contribution < -0.4 is 4.74 Å². The number of rotatable bonds is 4. The van der Waals surface area contributed by atoms with E-state index in [4.69, 9.17) is 4.74 Å². The second-order valence-electron chi connectivity index (χ2n) is 3.92. The molecular formula is C15H16N2O. The van der Waals surface area contributed by atoms with Crippen molar-refractivity contribution in [3.05, 3.63) is 54.1 Å². The average Bonchev–Trinajstić information content (AvgIpc) is 2.46. The molecule has 0 radical (unpaired) electrons. The fourth-order valence-electron chi connectivity index (χ4n) is 1.56. The zero-order valence-electron chi connectivity index (χ0n) is 10.6. The molecule has 2 rings (SSSR count). The molecule has 0 heterocycles. The molecule has 3 heteroatoms. The van der Waals surface area contributed by atoms with Crippen LogP contribution in [-0.4, -0.2) is 7.11 Å². The van der Waals surface area contributed by atoms with Crippen LogP contribution in [0.4, 0.5) is 11.4 Å². The van der Waals surface area contributed by atoms with E-state index in [0.29, 0.717) is 0 Å². The van der Waals surface area contributed by atoms with Gasteiger partial charge in [-0.05, 0) is 48.4 Å². The Hall–Kier alpha value is -2.16. The van der Waals surface area contributed by atoms with Crippen molar-refractivity contribution in [3.8, 4) is 5.75 Å². The van der Waals surface area contributed by atoms with Crippen molar-refractivity contribution in [1.82, 2.24) is 0 Å². The zero-order valence-corrected chi connectivity index (χ0v) is 10.6. The number of methoxy groups -OCH3 is 1. The summed E-state index contributed by atoms with van der Waals surface area (Å²) in [5, 5.41) is 8.37. The Morgan fingerprint density at radius 2 is 1.33 bits per heavy atom. The lowest BCUT2D eigenvalue weighted by Crippen LogP contribution is -1.79. The van der Waals surface area contributed by atoms with Gasteiger partial charge in [-0.25, -0.2) is 0 Å². The van der Waals surface area contributed by atoms with E-state index in [1.165, 1.54) is 5.56 Å². The summed E-state index contributed by atoms with van der Waals surface area (Å²) in [7, 11) is 1.64. The Morgan fingerprint density at radius 3 is 1.78 bits per heavy atom. The Balaban J connectivity index is 2.08. The minimum atomic E-state index is 0.815. The van der Waals surface area contributed by atoms with Gasteiger partial charge in [0.25, 0.3) is 0 Å². The largest absolute Gasteiger partial charge is 0.497 e. The van der Waals surface area contributed by atoms with Crippen LogP contribution in [0.1, 0.15) is 12.5 Å². The van der Waals surface area contributed by atoms with Gasteiger partial charge >= 0.3 is 0 Å². The third-order valence-electron chi connectivity index (χ3n) is 2.70. The van der Waals surface area contributed by atoms with Gasteiger partial charge in [-0.15, -0.1) is 0 Å². The second kappa shape index (κ2) is 5.96. The molecule has 0 aromatic heterocycles. The third kappa shape index (κ3) is 3.17. The smallest absolute Gasteiger partial charge is 0.119 e. The number of benzene rings is 2. The number of ether oxygens (including phenoxy) is 1. The molecule has 0 unspecified atom stereocenters. The summed E-state index contributed by atoms with van der Waals surface area (Å²) >= 11 is 0. The average molecular weight is 240 g/mol. The number of hydrogen-bond donors (Lipinski definition) is 0. The molecule has 0 aliphatic carbocycles. The van der Waals surface area contributed by atoms with Gasteiger partial charge in [-0.3, -0.25) is 0 Å². The van der Waals surface area contributed by atoms with E-state index in [1.807, 2.05) is 36.4 Å². The van der Waals surface area contributed by atoms with Gasteiger partial charge in [0, 0.05) is 0 Å². The van der Waals surface area contributed by atoms with Gasteiger partial charge in [0.05, 0.1) is 18.5 Å². The highest BCUT2D eigenvalue weighted by molar-refractivity contribution is 5.43. The Labute approximate surface area is 107 Å². The predicted molar refractivity (Wildman–Crippen MR) is 73.0 cm³/mol. The molecule has 92 valence electrons. The highest BCUT2D eigenvalue weighted by Gasteiger charge is 1.93. The molecule has 0 amide bonds. The van der Waals surface area contributed by atoms with Crippen LogP contribution in [-0.2, 0) is 6.42 Å². The maximum Gasteiger partial charge on any atom is 0.119 e. The zero-order chi connectivity index (χ0) is 12.8. The maximum atomic E-state index is 5.09. The summed E-state index contributed by atoms with van der Waals surface area (Å²) in [5.41, 5.74) is 2.98. The van der Waals surface area contributed by atoms with Crippen LogP contribution in [0.2, 0.25) is 0 Å². The Bertz CT molecular complexity index is 466. The molecule has 0 N–H and O–H groups in total. The van der Waals surface area contributed by atoms with E-state index in [0.717, 1.165) is 23.5 Å². The molecule has 0 spiro atoms. The number of hydrogen-bond acceptors (Lipinski definition) is 3. The fourth-order valence-corrected chi connectivity index (χ4v) is 1.56. The van der Waals surface area contributed by atoms with E-state index in [-0.39, 0.29) is 0 Å². The number of azo groups is 1. The van der Waals surface area contributed by atoms with Gasteiger partial charge in [-0.1, -0.05) is 19.1 Å². The van der Waals surface area contributed by atoms with Crippen LogP contribution in [0.5, 0.6) is 5.75 Å². The molecule has 18 heavy (non-hydrogen) atoms. The minimum Gasteiger partial charge on any atom is -0.497 e. The Kier molecular flexibility index (Phi) is 4.07. The summed E-state index contributed by atoms with van der Waals surface area (Å²) in [6.07, 6.45) is 1.04. The van der Waals surface area contributed by atoms with E-state index >= 15 is 0 Å². The van der Waals surface area contributed by atoms with E-state index < -0.39 is 0 Å². The van der Waals surface area contributed by atoms with Crippen molar-refractivity contribution in [3.63, 3.8) is 0 Å². The highest BCUT2D eigenvalue weighted by atomic mass is 16.5. The van der Waals surface area contributed by atoms with Gasteiger partial charge in [0.2, 0.25) is 0 Å². The van der Waals surface area contributed by atoms with Crippen molar-refractivity contribution >= 4 is 11.4 Å². The SMILES string of the molecule is CCc1ccc(/N=N/c2ccc(OC)cc2)cc1. The molecule has 2 aromatic carbocycles. The molecule has 0 aliphatic rings. The summed E-state index contributed by atoms with van der Waals surface area (Å²) in [4.78, 5) is 0. The molecule has 0 aliphatic heterocycles. The lowest BCUT2D eigenvalue weighted by molar-refractivity contribution is 0.415. The second-order valence-corrected chi connectivity index (χ2v) is 3.92. The van der Waals surface area contributed by atoms with Crippen molar-refractivity contribution in [2.75, 3.05) is 7.11 Å². The predicted octanol–water partition coefficient (Wildman–Crippen LogP) is 4.67. The first-order valence-corrected chi connectivity index (χ1v) is 5.96. The topological polar surface area (TPSA) is 34.0 Å². The summed E-state index contributed by atoms with van der Waals surface area (Å²) < 4.78 is 5.09. The molecule has 2 aromatic rings. The van der Waals surface area contributed by atoms with Gasteiger partial charge in [0.1, 0.15) is 5.75 Å². The van der Waals surface area contributed by atoms with E-state index in [2.05, 4.69) is 29.3 Å². The normalized spacial score (nSPS) is 10.8. The summed E-state index contributed by atoms with van der Waals surface area (Å²) in [6, 6.07) is 15.6. The lowest BCUT2D eigenvalue weighted by atomic mass is 10.2. The van der Waals surface area contributed by atoms with Gasteiger partial charge in [-0.2, -0.15) is 10.2 Å². The molecule has 0 atom stereocenters. The summed E-state index contributed by atoms with van der Waals surface area (Å²) in [5.74, 6) is 0.821. The fraction of sp³-hybridized carbons (Fsp3) is 0.200. The molecule has 3 nitrogen and oxygen atoms in total. The van der Waals surface area contributed by atoms with Crippen molar-refractivity contribution in [2.45, 2.75) is 13.3 Å². The monoisotopic (exact) mass is 240 g/mol. The molecule has 0 saturated heterocycles. The van der Waals surface area contributed by atoms with Gasteiger partial charge in [0.15, 0.2) is 0 Å². The quantitative estimate of drug-likeness (QED) is 0.715. The molecule has 0 fully saturated rings. The third-order valence-corrected chi connectivity index (χ3v) is 2.70. The molecule has 0 bridgehead atoms. The van der Waals surface area contributed by atoms with Crippen LogP contribution in [0, 0.1) is 0 Å². The minimum absolute atomic E-state index is 0.815. The van der Waals surface area contributed by atoms with Gasteiger partial charge < -0.3 is 4.74 Å². The van der Waals surface area contributed by atoms with E-state index in [1.54, 1.807) is 7.11 Å². The summed E-state index contributed by atoms with van der Waals surface area (Å²) in [6.45, 7) is 2.13. The van der Waals surface area contributed by atoms with Crippen molar-refractivity contribution in [2.24, 2.45) is 10.2 Å². The van der Waals surface area contributed by atoms with Crippen LogP contribution in [0.3, 0.4) is 0 Å². The van der Waals surface area contributed by atoms with Crippen molar-refractivity contribution in [1.29, 1.82) is 0 Å². The highest BCUT2D eigenvalue weighted by Crippen LogP contribution is 2.21. The van der Waals surface area contributed by atoms with Crippen molar-refractivity contribution < 1.29 is 4.74 Å². The Morgan fingerprint density at radius 1 is 0.833 bits per heavy atom. The van der Waals surface area contributed by atoms with Crippen LogP contribution >= 0.6 is 0 Å². The standard InChI is InChI=1S/C15H16N2O/c1-3-12-4-6-13(7-5-12)16-17-14-8-10-15(18-2)11-9-14/h4-11H,3H2,1-2H3/b17-16+. The lowest BCUT2D eigenvalue weighted by Gasteiger charge is -1.99. The first-order chi connectivity index (χ1) is 8.81. The first-order valence-electron chi connectivity index (χ1n) is 5.96. The van der Waals surface area contributed by atoms with E-state index in [9.17, 15) is 0 Å².